The number of carbonyl (C=O) groups excluding carboxylic acids is 1. The number of halogens is 1. The molecule has 0 spiro atoms. The van der Waals surface area contributed by atoms with Crippen molar-refractivity contribution >= 4 is 11.8 Å². The summed E-state index contributed by atoms with van der Waals surface area (Å²) in [5, 5.41) is 11.0. The van der Waals surface area contributed by atoms with E-state index < -0.39 is 11.9 Å². The van der Waals surface area contributed by atoms with Gasteiger partial charge in [0.2, 0.25) is 0 Å². The van der Waals surface area contributed by atoms with E-state index in [1.165, 1.54) is 6.07 Å². The maximum absolute atomic E-state index is 13.3. The number of rotatable bonds is 2. The topological polar surface area (TPSA) is 62.1 Å². The number of carbonyl (C=O) groups is 1. The van der Waals surface area contributed by atoms with Gasteiger partial charge in [-0.2, -0.15) is 5.26 Å². The van der Waals surface area contributed by atoms with Crippen LogP contribution in [0.3, 0.4) is 0 Å². The van der Waals surface area contributed by atoms with Crippen LogP contribution in [0.2, 0.25) is 0 Å². The van der Waals surface area contributed by atoms with Crippen molar-refractivity contribution in [3.05, 3.63) is 29.1 Å². The minimum atomic E-state index is -0.667. The summed E-state index contributed by atoms with van der Waals surface area (Å²) in [6, 6.07) is 4.20. The Bertz CT molecular complexity index is 452. The maximum atomic E-state index is 13.3. The largest absolute Gasteiger partial charge is 0.450 e. The first-order valence-corrected chi connectivity index (χ1v) is 4.72. The number of anilines is 1. The zero-order chi connectivity index (χ0) is 12.1. The molecule has 0 bridgehead atoms. The Morgan fingerprint density at radius 3 is 2.88 bits per heavy atom. The van der Waals surface area contributed by atoms with Gasteiger partial charge < -0.3 is 4.74 Å². The lowest BCUT2D eigenvalue weighted by Gasteiger charge is -2.08. The van der Waals surface area contributed by atoms with E-state index in [0.717, 1.165) is 6.07 Å². The number of nitrogens with one attached hydrogen (secondary N) is 1. The molecule has 0 saturated heterocycles. The molecule has 1 aromatic carbocycles. The van der Waals surface area contributed by atoms with Gasteiger partial charge in [-0.25, -0.2) is 9.18 Å². The minimum Gasteiger partial charge on any atom is -0.450 e. The van der Waals surface area contributed by atoms with Crippen molar-refractivity contribution in [1.29, 1.82) is 5.26 Å². The van der Waals surface area contributed by atoms with Gasteiger partial charge in [0.1, 0.15) is 11.9 Å². The van der Waals surface area contributed by atoms with Crippen LogP contribution in [0.15, 0.2) is 12.1 Å². The third kappa shape index (κ3) is 2.70. The van der Waals surface area contributed by atoms with Gasteiger partial charge in [-0.1, -0.05) is 0 Å². The van der Waals surface area contributed by atoms with Crippen molar-refractivity contribution in [2.45, 2.75) is 13.8 Å². The smallest absolute Gasteiger partial charge is 0.411 e. The second-order valence-corrected chi connectivity index (χ2v) is 3.10. The minimum absolute atomic E-state index is 0.0492. The van der Waals surface area contributed by atoms with Crippen LogP contribution >= 0.6 is 0 Å². The molecule has 5 heteroatoms. The lowest BCUT2D eigenvalue weighted by atomic mass is 10.1. The molecule has 0 aliphatic rings. The number of benzene rings is 1. The fourth-order valence-electron chi connectivity index (χ4n) is 1.18. The van der Waals surface area contributed by atoms with E-state index in [1.54, 1.807) is 19.9 Å². The molecule has 0 aliphatic carbocycles. The molecule has 1 rings (SSSR count). The van der Waals surface area contributed by atoms with Crippen molar-refractivity contribution in [3.63, 3.8) is 0 Å². The van der Waals surface area contributed by atoms with Crippen molar-refractivity contribution < 1.29 is 13.9 Å². The molecular formula is C11H11FN2O2. The molecule has 0 atom stereocenters. The molecule has 1 amide bonds. The third-order valence-electron chi connectivity index (χ3n) is 1.95. The van der Waals surface area contributed by atoms with Gasteiger partial charge >= 0.3 is 6.09 Å². The molecular weight excluding hydrogens is 211 g/mol. The number of aryl methyl sites for hydroxylation is 1. The molecule has 0 radical (unpaired) electrons. The molecule has 1 aromatic rings. The van der Waals surface area contributed by atoms with Gasteiger partial charge in [-0.05, 0) is 31.5 Å². The predicted molar refractivity (Wildman–Crippen MR) is 56.5 cm³/mol. The molecule has 4 nitrogen and oxygen atoms in total. The van der Waals surface area contributed by atoms with Crippen molar-refractivity contribution in [2.24, 2.45) is 0 Å². The Labute approximate surface area is 92.6 Å². The van der Waals surface area contributed by atoms with Gasteiger partial charge in [-0.15, -0.1) is 0 Å². The van der Waals surface area contributed by atoms with Gasteiger partial charge in [0.25, 0.3) is 0 Å². The van der Waals surface area contributed by atoms with E-state index in [4.69, 9.17) is 5.26 Å². The molecule has 0 unspecified atom stereocenters. The summed E-state index contributed by atoms with van der Waals surface area (Å²) in [6.45, 7) is 3.58. The highest BCUT2D eigenvalue weighted by Gasteiger charge is 2.09. The first-order valence-electron chi connectivity index (χ1n) is 4.72. The summed E-state index contributed by atoms with van der Waals surface area (Å²) < 4.78 is 17.9. The van der Waals surface area contributed by atoms with Gasteiger partial charge in [0.15, 0.2) is 0 Å². The number of ether oxygens (including phenoxy) is 1. The van der Waals surface area contributed by atoms with Gasteiger partial charge in [0.05, 0.1) is 12.2 Å². The highest BCUT2D eigenvalue weighted by Crippen LogP contribution is 2.19. The molecule has 0 aromatic heterocycles. The number of nitriles is 1. The third-order valence-corrected chi connectivity index (χ3v) is 1.95. The van der Waals surface area contributed by atoms with Crippen molar-refractivity contribution in [3.8, 4) is 6.07 Å². The Kier molecular flexibility index (Phi) is 3.84. The van der Waals surface area contributed by atoms with E-state index in [0.29, 0.717) is 11.3 Å². The summed E-state index contributed by atoms with van der Waals surface area (Å²) in [6.07, 6.45) is -0.644. The summed E-state index contributed by atoms with van der Waals surface area (Å²) >= 11 is 0. The quantitative estimate of drug-likeness (QED) is 0.836. The number of nitrogens with zero attached hydrogens (tertiary/aromatic N) is 1. The van der Waals surface area contributed by atoms with Crippen LogP contribution < -0.4 is 5.32 Å². The number of amides is 1. The molecule has 0 aliphatic heterocycles. The second kappa shape index (κ2) is 5.12. The van der Waals surface area contributed by atoms with Crippen LogP contribution in [0.4, 0.5) is 14.9 Å². The lowest BCUT2D eigenvalue weighted by Crippen LogP contribution is -2.14. The van der Waals surface area contributed by atoms with E-state index in [9.17, 15) is 9.18 Å². The van der Waals surface area contributed by atoms with Crippen LogP contribution in [0.1, 0.15) is 18.1 Å². The monoisotopic (exact) mass is 222 g/mol. The Hall–Kier alpha value is -2.09. The average Bonchev–Trinajstić information content (AvgIpc) is 2.23. The van der Waals surface area contributed by atoms with E-state index in [2.05, 4.69) is 10.1 Å². The Morgan fingerprint density at radius 1 is 1.62 bits per heavy atom. The Morgan fingerprint density at radius 2 is 2.31 bits per heavy atom. The lowest BCUT2D eigenvalue weighted by molar-refractivity contribution is 0.168. The van der Waals surface area contributed by atoms with Crippen LogP contribution in [0.5, 0.6) is 0 Å². The molecule has 0 fully saturated rings. The Balaban J connectivity index is 2.95. The first-order chi connectivity index (χ1) is 7.58. The first kappa shape index (κ1) is 12.0. The highest BCUT2D eigenvalue weighted by molar-refractivity contribution is 5.85. The molecule has 0 saturated carbocycles. The molecule has 0 heterocycles. The van der Waals surface area contributed by atoms with Crippen LogP contribution in [0, 0.1) is 24.1 Å². The second-order valence-electron chi connectivity index (χ2n) is 3.10. The summed E-state index contributed by atoms with van der Waals surface area (Å²) in [5.41, 5.74) is 0.855. The average molecular weight is 222 g/mol. The van der Waals surface area contributed by atoms with Crippen molar-refractivity contribution in [1.82, 2.24) is 0 Å². The number of hydrogen-bond acceptors (Lipinski definition) is 3. The normalized spacial score (nSPS) is 9.38. The van der Waals surface area contributed by atoms with Crippen LogP contribution in [-0.2, 0) is 4.74 Å². The summed E-state index contributed by atoms with van der Waals surface area (Å²) in [4.78, 5) is 11.1. The van der Waals surface area contributed by atoms with Crippen molar-refractivity contribution in [2.75, 3.05) is 11.9 Å². The molecule has 16 heavy (non-hydrogen) atoms. The molecule has 1 N–H and O–H groups in total. The maximum Gasteiger partial charge on any atom is 0.411 e. The van der Waals surface area contributed by atoms with E-state index in [1.807, 2.05) is 0 Å². The number of hydrogen-bond donors (Lipinski definition) is 1. The summed E-state index contributed by atoms with van der Waals surface area (Å²) in [7, 11) is 0. The zero-order valence-electron chi connectivity index (χ0n) is 9.00. The zero-order valence-corrected chi connectivity index (χ0v) is 9.00. The summed E-state index contributed by atoms with van der Waals surface area (Å²) in [5.74, 6) is -0.667. The molecule has 84 valence electrons. The standard InChI is InChI=1S/C11H11FN2O2/c1-3-16-11(15)14-10-5-9(12)8(6-13)4-7(10)2/h4-5H,3H2,1-2H3,(H,14,15). The van der Waals surface area contributed by atoms with Gasteiger partial charge in [0, 0.05) is 5.69 Å². The van der Waals surface area contributed by atoms with E-state index in [-0.39, 0.29) is 12.2 Å². The van der Waals surface area contributed by atoms with E-state index >= 15 is 0 Å². The fraction of sp³-hybridized carbons (Fsp3) is 0.273. The van der Waals surface area contributed by atoms with Crippen LogP contribution in [-0.4, -0.2) is 12.7 Å². The van der Waals surface area contributed by atoms with Crippen LogP contribution in [0.25, 0.3) is 0 Å². The predicted octanol–water partition coefficient (Wildman–Crippen LogP) is 2.57. The van der Waals surface area contributed by atoms with Gasteiger partial charge in [-0.3, -0.25) is 5.32 Å². The fourth-order valence-corrected chi connectivity index (χ4v) is 1.18. The highest BCUT2D eigenvalue weighted by atomic mass is 19.1. The SMILES string of the molecule is CCOC(=O)Nc1cc(F)c(C#N)cc1C.